The molecule has 2 aromatic heterocycles. The lowest BCUT2D eigenvalue weighted by Crippen LogP contribution is -2.31. The average Bonchev–Trinajstić information content (AvgIpc) is 3.61. The molecule has 0 amide bonds. The molecule has 2 aliphatic rings. The number of anilines is 4. The first-order valence-corrected chi connectivity index (χ1v) is 20.7. The van der Waals surface area contributed by atoms with Crippen molar-refractivity contribution in [1.82, 2.24) is 19.6 Å². The number of hydrogen-bond acceptors (Lipinski definition) is 5. The fraction of sp³-hybridized carbons (Fsp3) is 0.545. The van der Waals surface area contributed by atoms with Gasteiger partial charge in [-0.15, -0.1) is 0 Å². The standard InChI is InChI=1S/C22H32ClN3O.C22H30ClN3/c1-6-10-22(27,11-7-2)20-17-9-8-12-26(21(17)24-25(20)5)19-16(4)13-15(3)14-18(19)23;1-6-9-17(10-7-2)21-18-11-8-12-26(22(18)24-25(21)5)20-16(4)13-15(3)14-19(20)23/h13-14,27H,6-12H2,1-5H3;9,13-14H,6-8,10-12H2,1-5H3/b;17-9+. The highest BCUT2D eigenvalue weighted by molar-refractivity contribution is 6.34. The Morgan fingerprint density at radius 3 is 1.70 bits per heavy atom. The van der Waals surface area contributed by atoms with Crippen LogP contribution in [0.25, 0.3) is 5.57 Å². The maximum absolute atomic E-state index is 11.5. The van der Waals surface area contributed by atoms with Gasteiger partial charge in [-0.1, -0.05) is 88.4 Å². The van der Waals surface area contributed by atoms with Crippen LogP contribution >= 0.6 is 23.2 Å². The summed E-state index contributed by atoms with van der Waals surface area (Å²) in [6, 6.07) is 8.46. The van der Waals surface area contributed by atoms with E-state index in [-0.39, 0.29) is 0 Å². The molecular formula is C44H62Cl2N6O. The fourth-order valence-corrected chi connectivity index (χ4v) is 9.83. The second kappa shape index (κ2) is 17.5. The number of rotatable bonds is 11. The van der Waals surface area contributed by atoms with E-state index in [1.54, 1.807) is 0 Å². The number of hydrogen-bond donors (Lipinski definition) is 1. The van der Waals surface area contributed by atoms with E-state index < -0.39 is 5.60 Å². The number of aryl methyl sites for hydroxylation is 6. The third-order valence-electron chi connectivity index (χ3n) is 10.8. The quantitative estimate of drug-likeness (QED) is 0.165. The molecule has 4 aromatic rings. The van der Waals surface area contributed by atoms with Gasteiger partial charge in [-0.3, -0.25) is 9.36 Å². The first-order chi connectivity index (χ1) is 25.3. The van der Waals surface area contributed by atoms with Crippen molar-refractivity contribution in [2.24, 2.45) is 14.1 Å². The minimum atomic E-state index is -0.812. The summed E-state index contributed by atoms with van der Waals surface area (Å²) in [7, 11) is 4.04. The fourth-order valence-electron chi connectivity index (χ4n) is 8.98. The van der Waals surface area contributed by atoms with Gasteiger partial charge in [0, 0.05) is 38.3 Å². The van der Waals surface area contributed by atoms with Gasteiger partial charge in [0.1, 0.15) is 5.60 Å². The van der Waals surface area contributed by atoms with E-state index in [4.69, 9.17) is 33.4 Å². The molecule has 0 saturated heterocycles. The second-order valence-corrected chi connectivity index (χ2v) is 16.1. The largest absolute Gasteiger partial charge is 0.384 e. The van der Waals surface area contributed by atoms with E-state index in [1.165, 1.54) is 39.1 Å². The molecule has 0 saturated carbocycles. The SMILES string of the molecule is CC/C=C(\CCC)c1c2c(nn1C)N(c1c(C)cc(C)cc1Cl)CCC2.CCCC(O)(CCC)c1c2c(nn1C)N(c1c(C)cc(C)cc1Cl)CCC2. The Bertz CT molecular complexity index is 1890. The van der Waals surface area contributed by atoms with Gasteiger partial charge in [-0.2, -0.15) is 10.2 Å². The first-order valence-electron chi connectivity index (χ1n) is 19.9. The summed E-state index contributed by atoms with van der Waals surface area (Å²) < 4.78 is 3.99. The molecular weight excluding hydrogens is 699 g/mol. The highest BCUT2D eigenvalue weighted by atomic mass is 35.5. The number of fused-ring (bicyclic) bond motifs is 2. The number of halogens is 2. The monoisotopic (exact) mass is 760 g/mol. The number of aromatic nitrogens is 4. The van der Waals surface area contributed by atoms with E-state index >= 15 is 0 Å². The van der Waals surface area contributed by atoms with Crippen LogP contribution in [0.5, 0.6) is 0 Å². The highest BCUT2D eigenvalue weighted by Crippen LogP contribution is 2.45. The normalized spacial score (nSPS) is 14.6. The van der Waals surface area contributed by atoms with E-state index in [0.717, 1.165) is 128 Å². The lowest BCUT2D eigenvalue weighted by Gasteiger charge is -2.33. The highest BCUT2D eigenvalue weighted by Gasteiger charge is 2.38. The van der Waals surface area contributed by atoms with Crippen molar-refractivity contribution in [1.29, 1.82) is 0 Å². The molecule has 53 heavy (non-hydrogen) atoms. The van der Waals surface area contributed by atoms with Crippen molar-refractivity contribution < 1.29 is 5.11 Å². The summed E-state index contributed by atoms with van der Waals surface area (Å²) in [4.78, 5) is 4.58. The van der Waals surface area contributed by atoms with E-state index in [1.807, 2.05) is 17.8 Å². The summed E-state index contributed by atoms with van der Waals surface area (Å²) in [5.41, 5.74) is 12.4. The van der Waals surface area contributed by atoms with Crippen molar-refractivity contribution in [3.05, 3.63) is 85.2 Å². The Morgan fingerprint density at radius 1 is 0.736 bits per heavy atom. The van der Waals surface area contributed by atoms with Gasteiger partial charge in [-0.25, -0.2) is 0 Å². The molecule has 0 aliphatic carbocycles. The summed E-state index contributed by atoms with van der Waals surface area (Å²) in [5.74, 6) is 2.04. The van der Waals surface area contributed by atoms with Crippen LogP contribution < -0.4 is 9.80 Å². The summed E-state index contributed by atoms with van der Waals surface area (Å²) in [6.07, 6.45) is 13.3. The maximum atomic E-state index is 11.5. The van der Waals surface area contributed by atoms with Gasteiger partial charge < -0.3 is 14.9 Å². The van der Waals surface area contributed by atoms with Gasteiger partial charge in [0.05, 0.1) is 32.8 Å². The predicted molar refractivity (Wildman–Crippen MR) is 226 cm³/mol. The molecule has 0 unspecified atom stereocenters. The molecule has 7 nitrogen and oxygen atoms in total. The van der Waals surface area contributed by atoms with Crippen LogP contribution in [-0.4, -0.2) is 37.8 Å². The van der Waals surface area contributed by atoms with Crippen LogP contribution in [-0.2, 0) is 32.5 Å². The average molecular weight is 762 g/mol. The van der Waals surface area contributed by atoms with Crippen LogP contribution in [0.2, 0.25) is 10.0 Å². The van der Waals surface area contributed by atoms with Crippen molar-refractivity contribution in [3.63, 3.8) is 0 Å². The van der Waals surface area contributed by atoms with Gasteiger partial charge >= 0.3 is 0 Å². The summed E-state index contributed by atoms with van der Waals surface area (Å²) in [6.45, 7) is 19.0. The second-order valence-electron chi connectivity index (χ2n) is 15.3. The molecule has 9 heteroatoms. The molecule has 0 atom stereocenters. The number of aliphatic hydroxyl groups is 1. The molecule has 6 rings (SSSR count). The van der Waals surface area contributed by atoms with Crippen LogP contribution in [0, 0.1) is 27.7 Å². The maximum Gasteiger partial charge on any atom is 0.158 e. The molecule has 288 valence electrons. The Morgan fingerprint density at radius 2 is 1.23 bits per heavy atom. The predicted octanol–water partition coefficient (Wildman–Crippen LogP) is 11.9. The van der Waals surface area contributed by atoms with Crippen LogP contribution in [0.3, 0.4) is 0 Å². The minimum Gasteiger partial charge on any atom is -0.384 e. The Kier molecular flexibility index (Phi) is 13.5. The van der Waals surface area contributed by atoms with E-state index in [9.17, 15) is 5.11 Å². The van der Waals surface area contributed by atoms with Crippen molar-refractivity contribution in [3.8, 4) is 0 Å². The zero-order valence-corrected chi connectivity index (χ0v) is 35.5. The lowest BCUT2D eigenvalue weighted by molar-refractivity contribution is 0.00829. The van der Waals surface area contributed by atoms with E-state index in [2.05, 4.69) is 101 Å². The van der Waals surface area contributed by atoms with Gasteiger partial charge in [0.15, 0.2) is 11.6 Å². The molecule has 1 N–H and O–H groups in total. The number of benzene rings is 2. The van der Waals surface area contributed by atoms with Crippen molar-refractivity contribution in [2.75, 3.05) is 22.9 Å². The Hall–Kier alpha value is -3.26. The molecule has 4 heterocycles. The summed E-state index contributed by atoms with van der Waals surface area (Å²) >= 11 is 13.3. The van der Waals surface area contributed by atoms with Gasteiger partial charge in [0.25, 0.3) is 0 Å². The molecule has 0 bridgehead atoms. The molecule has 2 aromatic carbocycles. The molecule has 0 spiro atoms. The number of allylic oxidation sites excluding steroid dienone is 2. The smallest absolute Gasteiger partial charge is 0.158 e. The Balaban J connectivity index is 0.000000204. The third kappa shape index (κ3) is 8.38. The van der Waals surface area contributed by atoms with Crippen LogP contribution in [0.15, 0.2) is 30.3 Å². The van der Waals surface area contributed by atoms with Crippen LogP contribution in [0.4, 0.5) is 23.0 Å². The lowest BCUT2D eigenvalue weighted by atomic mass is 9.85. The van der Waals surface area contributed by atoms with Gasteiger partial charge in [0.2, 0.25) is 0 Å². The molecule has 2 aliphatic heterocycles. The Labute approximate surface area is 329 Å². The van der Waals surface area contributed by atoms with Crippen LogP contribution in [0.1, 0.15) is 130 Å². The van der Waals surface area contributed by atoms with E-state index in [0.29, 0.717) is 0 Å². The first kappa shape index (κ1) is 40.9. The zero-order chi connectivity index (χ0) is 38.6. The van der Waals surface area contributed by atoms with Crippen molar-refractivity contribution >= 4 is 51.8 Å². The zero-order valence-electron chi connectivity index (χ0n) is 34.0. The minimum absolute atomic E-state index is 0.761. The van der Waals surface area contributed by atoms with Crippen molar-refractivity contribution in [2.45, 2.75) is 132 Å². The number of nitrogens with zero attached hydrogens (tertiary/aromatic N) is 6. The van der Waals surface area contributed by atoms with Gasteiger partial charge in [-0.05, 0) is 119 Å². The summed E-state index contributed by atoms with van der Waals surface area (Å²) in [5, 5.41) is 22.9. The molecule has 0 radical (unpaired) electrons. The molecule has 0 fully saturated rings. The topological polar surface area (TPSA) is 62.4 Å². The third-order valence-corrected chi connectivity index (χ3v) is 11.3.